The minimum Gasteiger partial charge on any atom is -0.293 e. The van der Waals surface area contributed by atoms with Gasteiger partial charge in [0, 0.05) is 24.0 Å². The molecule has 0 N–H and O–H groups in total. The molecule has 1 aliphatic rings. The van der Waals surface area contributed by atoms with Crippen molar-refractivity contribution in [2.24, 2.45) is 0 Å². The van der Waals surface area contributed by atoms with E-state index in [1.165, 1.54) is 42.6 Å². The maximum atomic E-state index is 2.39. The second-order valence-corrected chi connectivity index (χ2v) is 5.30. The van der Waals surface area contributed by atoms with Gasteiger partial charge in [-0.25, -0.2) is 0 Å². The number of likely N-dealkylation sites (tertiary alicyclic amines) is 1. The average Bonchev–Trinajstić information content (AvgIpc) is 2.50. The highest BCUT2D eigenvalue weighted by Crippen LogP contribution is 2.34. The SMILES string of the molecule is Cc1cc(C)c([N+]2(C)CCCC2)c(C)c1. The Hall–Kier alpha value is -0.820. The van der Waals surface area contributed by atoms with Gasteiger partial charge in [-0.2, -0.15) is 0 Å². The van der Waals surface area contributed by atoms with E-state index in [0.717, 1.165) is 4.48 Å². The van der Waals surface area contributed by atoms with Gasteiger partial charge in [0.1, 0.15) is 5.69 Å². The normalized spacial score (nSPS) is 19.5. The van der Waals surface area contributed by atoms with Crippen molar-refractivity contribution in [1.82, 2.24) is 4.48 Å². The first-order valence-electron chi connectivity index (χ1n) is 5.96. The minimum atomic E-state index is 1.15. The molecule has 2 rings (SSSR count). The summed E-state index contributed by atoms with van der Waals surface area (Å²) in [6.45, 7) is 9.33. The van der Waals surface area contributed by atoms with Crippen LogP contribution in [0.4, 0.5) is 5.69 Å². The molecule has 15 heavy (non-hydrogen) atoms. The highest BCUT2D eigenvalue weighted by Gasteiger charge is 2.32. The maximum Gasteiger partial charge on any atom is 0.138 e. The van der Waals surface area contributed by atoms with Crippen LogP contribution in [-0.4, -0.2) is 20.1 Å². The zero-order chi connectivity index (χ0) is 11.1. The lowest BCUT2D eigenvalue weighted by atomic mass is 10.0. The van der Waals surface area contributed by atoms with E-state index < -0.39 is 0 Å². The van der Waals surface area contributed by atoms with Crippen molar-refractivity contribution < 1.29 is 0 Å². The molecular formula is C14H22N+. The summed E-state index contributed by atoms with van der Waals surface area (Å²) in [7, 11) is 2.39. The monoisotopic (exact) mass is 204 g/mol. The molecule has 1 heteroatoms. The smallest absolute Gasteiger partial charge is 0.138 e. The van der Waals surface area contributed by atoms with E-state index in [2.05, 4.69) is 40.0 Å². The molecule has 0 spiro atoms. The lowest BCUT2D eigenvalue weighted by Crippen LogP contribution is -2.42. The van der Waals surface area contributed by atoms with Crippen LogP contribution in [0, 0.1) is 20.8 Å². The van der Waals surface area contributed by atoms with Crippen molar-refractivity contribution in [1.29, 1.82) is 0 Å². The van der Waals surface area contributed by atoms with Gasteiger partial charge in [-0.3, -0.25) is 4.48 Å². The Morgan fingerprint density at radius 2 is 1.40 bits per heavy atom. The third kappa shape index (κ3) is 1.81. The Morgan fingerprint density at radius 1 is 0.933 bits per heavy atom. The van der Waals surface area contributed by atoms with E-state index >= 15 is 0 Å². The van der Waals surface area contributed by atoms with E-state index in [1.54, 1.807) is 5.69 Å². The number of aryl methyl sites for hydroxylation is 3. The first-order valence-corrected chi connectivity index (χ1v) is 5.96. The summed E-state index contributed by atoms with van der Waals surface area (Å²) in [6.07, 6.45) is 2.76. The second-order valence-electron chi connectivity index (χ2n) is 5.30. The van der Waals surface area contributed by atoms with E-state index in [0.29, 0.717) is 0 Å². The van der Waals surface area contributed by atoms with Crippen LogP contribution in [0.25, 0.3) is 0 Å². The van der Waals surface area contributed by atoms with E-state index in [1.807, 2.05) is 0 Å². The molecule has 0 radical (unpaired) electrons. The van der Waals surface area contributed by atoms with Gasteiger partial charge in [0.15, 0.2) is 0 Å². The van der Waals surface area contributed by atoms with E-state index in [-0.39, 0.29) is 0 Å². The summed E-state index contributed by atoms with van der Waals surface area (Å²) in [5, 5.41) is 0. The van der Waals surface area contributed by atoms with E-state index in [9.17, 15) is 0 Å². The molecule has 0 amide bonds. The number of hydrogen-bond donors (Lipinski definition) is 0. The standard InChI is InChI=1S/C14H22N/c1-11-9-12(2)14(13(3)10-11)15(4)7-5-6-8-15/h9-10H,5-8H2,1-4H3/q+1. The van der Waals surface area contributed by atoms with E-state index in [4.69, 9.17) is 0 Å². The Labute approximate surface area is 93.3 Å². The molecule has 0 aliphatic carbocycles. The van der Waals surface area contributed by atoms with Crippen LogP contribution < -0.4 is 4.48 Å². The third-order valence-corrected chi connectivity index (χ3v) is 3.73. The topological polar surface area (TPSA) is 0 Å². The number of hydrogen-bond acceptors (Lipinski definition) is 0. The molecular weight excluding hydrogens is 182 g/mol. The van der Waals surface area contributed by atoms with Crippen molar-refractivity contribution in [2.45, 2.75) is 33.6 Å². The Bertz CT molecular complexity index is 350. The van der Waals surface area contributed by atoms with Gasteiger partial charge in [-0.05, 0) is 20.8 Å². The van der Waals surface area contributed by atoms with Crippen LogP contribution in [-0.2, 0) is 0 Å². The van der Waals surface area contributed by atoms with Crippen molar-refractivity contribution in [3.8, 4) is 0 Å². The fourth-order valence-corrected chi connectivity index (χ4v) is 3.28. The number of nitrogens with zero attached hydrogens (tertiary/aromatic N) is 1. The molecule has 0 aromatic heterocycles. The molecule has 1 nitrogen and oxygen atoms in total. The molecule has 0 unspecified atom stereocenters. The minimum absolute atomic E-state index is 1.15. The molecule has 1 aliphatic heterocycles. The summed E-state index contributed by atoms with van der Waals surface area (Å²) in [5.41, 5.74) is 5.89. The van der Waals surface area contributed by atoms with Crippen LogP contribution >= 0.6 is 0 Å². The molecule has 0 bridgehead atoms. The molecule has 1 aromatic rings. The molecule has 0 atom stereocenters. The van der Waals surface area contributed by atoms with Crippen LogP contribution in [0.15, 0.2) is 12.1 Å². The molecule has 1 aromatic carbocycles. The van der Waals surface area contributed by atoms with Crippen LogP contribution in [0.3, 0.4) is 0 Å². The van der Waals surface area contributed by atoms with Crippen LogP contribution in [0.1, 0.15) is 29.5 Å². The first kappa shape index (κ1) is 10.7. The fraction of sp³-hybridized carbons (Fsp3) is 0.571. The van der Waals surface area contributed by atoms with Crippen LogP contribution in [0.5, 0.6) is 0 Å². The zero-order valence-corrected chi connectivity index (χ0v) is 10.4. The van der Waals surface area contributed by atoms with Crippen molar-refractivity contribution in [3.63, 3.8) is 0 Å². The average molecular weight is 204 g/mol. The number of quaternary nitrogens is 1. The summed E-state index contributed by atoms with van der Waals surface area (Å²) in [4.78, 5) is 0. The lowest BCUT2D eigenvalue weighted by molar-refractivity contribution is 0.402. The predicted molar refractivity (Wildman–Crippen MR) is 67.3 cm³/mol. The van der Waals surface area contributed by atoms with Crippen molar-refractivity contribution in [3.05, 3.63) is 28.8 Å². The van der Waals surface area contributed by atoms with Gasteiger partial charge in [0.2, 0.25) is 0 Å². The van der Waals surface area contributed by atoms with Gasteiger partial charge >= 0.3 is 0 Å². The van der Waals surface area contributed by atoms with Gasteiger partial charge in [0.05, 0.1) is 20.1 Å². The number of rotatable bonds is 1. The Balaban J connectivity index is 2.52. The second kappa shape index (κ2) is 3.64. The molecule has 1 fully saturated rings. The summed E-state index contributed by atoms with van der Waals surface area (Å²) in [5.74, 6) is 0. The summed E-state index contributed by atoms with van der Waals surface area (Å²) in [6, 6.07) is 4.65. The highest BCUT2D eigenvalue weighted by molar-refractivity contribution is 5.57. The summed E-state index contributed by atoms with van der Waals surface area (Å²) < 4.78 is 1.15. The predicted octanol–water partition coefficient (Wildman–Crippen LogP) is 3.34. The van der Waals surface area contributed by atoms with Gasteiger partial charge in [0.25, 0.3) is 0 Å². The molecule has 0 saturated carbocycles. The first-order chi connectivity index (χ1) is 7.03. The molecule has 1 saturated heterocycles. The maximum absolute atomic E-state index is 2.39. The Morgan fingerprint density at radius 3 is 1.87 bits per heavy atom. The van der Waals surface area contributed by atoms with Gasteiger partial charge in [-0.15, -0.1) is 0 Å². The highest BCUT2D eigenvalue weighted by atomic mass is 15.3. The molecule has 82 valence electrons. The largest absolute Gasteiger partial charge is 0.293 e. The van der Waals surface area contributed by atoms with Gasteiger partial charge in [-0.1, -0.05) is 17.7 Å². The number of benzene rings is 1. The zero-order valence-electron chi connectivity index (χ0n) is 10.4. The summed E-state index contributed by atoms with van der Waals surface area (Å²) >= 11 is 0. The lowest BCUT2D eigenvalue weighted by Gasteiger charge is -2.31. The fourth-order valence-electron chi connectivity index (χ4n) is 3.28. The third-order valence-electron chi connectivity index (χ3n) is 3.73. The van der Waals surface area contributed by atoms with Crippen molar-refractivity contribution in [2.75, 3.05) is 20.1 Å². The van der Waals surface area contributed by atoms with Crippen molar-refractivity contribution >= 4 is 5.69 Å². The van der Waals surface area contributed by atoms with Crippen LogP contribution in [0.2, 0.25) is 0 Å². The van der Waals surface area contributed by atoms with Gasteiger partial charge < -0.3 is 0 Å². The quantitative estimate of drug-likeness (QED) is 0.615. The Kier molecular flexibility index (Phi) is 2.59. The molecule has 1 heterocycles.